The predicted octanol–water partition coefficient (Wildman–Crippen LogP) is 4.69. The van der Waals surface area contributed by atoms with E-state index in [1.165, 1.54) is 0 Å². The summed E-state index contributed by atoms with van der Waals surface area (Å²) in [5.41, 5.74) is 2.72. The number of rotatable bonds is 3. The molecule has 0 aliphatic carbocycles. The molecule has 0 bridgehead atoms. The van der Waals surface area contributed by atoms with Crippen LogP contribution in [0, 0.1) is 11.3 Å². The van der Waals surface area contributed by atoms with Gasteiger partial charge in [-0.05, 0) is 0 Å². The Bertz CT molecular complexity index is 811. The Hall–Kier alpha value is -1.44. The molecule has 0 N–H and O–H groups in total. The summed E-state index contributed by atoms with van der Waals surface area (Å²) in [6.07, 6.45) is 1.92. The van der Waals surface area contributed by atoms with Crippen LogP contribution in [-0.2, 0) is 0 Å². The molecule has 0 aliphatic rings. The average molecular weight is 420 g/mol. The van der Waals surface area contributed by atoms with Gasteiger partial charge in [-0.2, -0.15) is 0 Å². The summed E-state index contributed by atoms with van der Waals surface area (Å²) in [6.45, 7) is 0. The van der Waals surface area contributed by atoms with Crippen LogP contribution >= 0.6 is 27.3 Å². The molecule has 102 valence electrons. The number of hydrogen-bond acceptors (Lipinski definition) is 3. The Morgan fingerprint density at radius 1 is 1.29 bits per heavy atom. The van der Waals surface area contributed by atoms with Gasteiger partial charge in [0.1, 0.15) is 0 Å². The maximum atomic E-state index is 9.36. The Morgan fingerprint density at radius 2 is 2.10 bits per heavy atom. The van der Waals surface area contributed by atoms with Crippen molar-refractivity contribution >= 4 is 53.4 Å². The third-order valence-electron chi connectivity index (χ3n) is 2.82. The monoisotopic (exact) mass is 420 g/mol. The van der Waals surface area contributed by atoms with Gasteiger partial charge in [-0.15, -0.1) is 0 Å². The molecule has 0 aliphatic heterocycles. The van der Waals surface area contributed by atoms with Crippen LogP contribution in [0.3, 0.4) is 0 Å². The zero-order valence-electron chi connectivity index (χ0n) is 10.8. The van der Waals surface area contributed by atoms with E-state index in [4.69, 9.17) is 0 Å². The SMILES string of the molecule is N#CC(=Cc1cccs1)c1nc(-c2ccc(Br)cc2)c[se]1. The average Bonchev–Trinajstić information content (AvgIpc) is 3.17. The minimum atomic E-state index is 0.112. The van der Waals surface area contributed by atoms with Crippen LogP contribution in [0.1, 0.15) is 9.44 Å². The Morgan fingerprint density at radius 3 is 2.76 bits per heavy atom. The number of nitrogens with zero attached hydrogens (tertiary/aromatic N) is 2. The van der Waals surface area contributed by atoms with Gasteiger partial charge in [0, 0.05) is 0 Å². The Balaban J connectivity index is 1.94. The molecule has 2 heterocycles. The van der Waals surface area contributed by atoms with Gasteiger partial charge in [-0.3, -0.25) is 0 Å². The maximum absolute atomic E-state index is 9.36. The van der Waals surface area contributed by atoms with Gasteiger partial charge in [-0.1, -0.05) is 0 Å². The second-order valence-electron chi connectivity index (χ2n) is 4.23. The van der Waals surface area contributed by atoms with E-state index in [2.05, 4.69) is 31.9 Å². The molecule has 5 heteroatoms. The molecular weight excluding hydrogens is 411 g/mol. The van der Waals surface area contributed by atoms with E-state index in [0.717, 1.165) is 25.2 Å². The summed E-state index contributed by atoms with van der Waals surface area (Å²) >= 11 is 5.17. The summed E-state index contributed by atoms with van der Waals surface area (Å²) in [5.74, 6) is 0. The minimum absolute atomic E-state index is 0.112. The van der Waals surface area contributed by atoms with Crippen molar-refractivity contribution in [3.8, 4) is 17.3 Å². The van der Waals surface area contributed by atoms with Crippen molar-refractivity contribution in [3.63, 3.8) is 0 Å². The molecule has 0 saturated carbocycles. The summed E-state index contributed by atoms with van der Waals surface area (Å²) in [4.78, 5) is 7.86. The third kappa shape index (κ3) is 3.42. The van der Waals surface area contributed by atoms with Gasteiger partial charge in [0.05, 0.1) is 0 Å². The second kappa shape index (κ2) is 6.55. The van der Waals surface area contributed by atoms with E-state index < -0.39 is 0 Å². The Labute approximate surface area is 141 Å². The third-order valence-corrected chi connectivity index (χ3v) is 6.01. The topological polar surface area (TPSA) is 36.7 Å². The molecule has 21 heavy (non-hydrogen) atoms. The molecule has 2 aromatic heterocycles. The van der Waals surface area contributed by atoms with Gasteiger partial charge in [-0.25, -0.2) is 0 Å². The second-order valence-corrected chi connectivity index (χ2v) is 7.93. The first-order chi connectivity index (χ1) is 10.3. The molecule has 0 unspecified atom stereocenters. The molecule has 2 nitrogen and oxygen atoms in total. The molecule has 3 rings (SSSR count). The van der Waals surface area contributed by atoms with Crippen LogP contribution in [-0.4, -0.2) is 19.5 Å². The van der Waals surface area contributed by atoms with Crippen LogP contribution in [0.25, 0.3) is 22.9 Å². The standard InChI is InChI=1S/C16H9BrN2SSe/c17-13-5-3-11(4-6-13)15-10-21-16(19-15)12(9-18)8-14-2-1-7-20-14/h1-8,10H. The zero-order chi connectivity index (χ0) is 14.7. The number of halogens is 1. The molecule has 0 radical (unpaired) electrons. The molecular formula is C16H9BrN2SSe. The van der Waals surface area contributed by atoms with Crippen molar-refractivity contribution in [3.05, 3.63) is 60.6 Å². The first-order valence-electron chi connectivity index (χ1n) is 6.13. The summed E-state index contributed by atoms with van der Waals surface area (Å²) in [7, 11) is 0. The van der Waals surface area contributed by atoms with E-state index in [9.17, 15) is 5.26 Å². The predicted molar refractivity (Wildman–Crippen MR) is 92.1 cm³/mol. The molecule has 0 fully saturated rings. The summed E-state index contributed by atoms with van der Waals surface area (Å²) < 4.78 is 1.95. The first kappa shape index (κ1) is 14.5. The number of thiophene rings is 1. The van der Waals surface area contributed by atoms with Crippen molar-refractivity contribution < 1.29 is 0 Å². The van der Waals surface area contributed by atoms with E-state index in [1.807, 2.05) is 47.9 Å². The van der Waals surface area contributed by atoms with Gasteiger partial charge >= 0.3 is 142 Å². The zero-order valence-corrected chi connectivity index (χ0v) is 14.9. The van der Waals surface area contributed by atoms with Gasteiger partial charge in [0.15, 0.2) is 0 Å². The number of hydrogen-bond donors (Lipinski definition) is 0. The van der Waals surface area contributed by atoms with Crippen LogP contribution in [0.15, 0.2) is 51.2 Å². The number of aromatic nitrogens is 1. The fourth-order valence-corrected chi connectivity index (χ4v) is 4.40. The van der Waals surface area contributed by atoms with Crippen LogP contribution in [0.2, 0.25) is 0 Å². The van der Waals surface area contributed by atoms with Crippen LogP contribution in [0.4, 0.5) is 0 Å². The fraction of sp³-hybridized carbons (Fsp3) is 0. The van der Waals surface area contributed by atoms with E-state index in [1.54, 1.807) is 11.3 Å². The normalized spacial score (nSPS) is 11.3. The number of benzene rings is 1. The van der Waals surface area contributed by atoms with Crippen molar-refractivity contribution in [2.24, 2.45) is 0 Å². The molecule has 0 spiro atoms. The van der Waals surface area contributed by atoms with E-state index >= 15 is 0 Å². The summed E-state index contributed by atoms with van der Waals surface area (Å²) in [6, 6.07) is 14.3. The molecule has 3 aromatic rings. The van der Waals surface area contributed by atoms with Gasteiger partial charge in [0.25, 0.3) is 0 Å². The first-order valence-corrected chi connectivity index (χ1v) is 9.65. The molecule has 0 amide bonds. The quantitative estimate of drug-likeness (QED) is 0.455. The summed E-state index contributed by atoms with van der Waals surface area (Å²) in [5, 5.41) is 11.4. The Kier molecular flexibility index (Phi) is 4.52. The molecule has 0 saturated heterocycles. The van der Waals surface area contributed by atoms with Gasteiger partial charge < -0.3 is 0 Å². The van der Waals surface area contributed by atoms with E-state index in [-0.39, 0.29) is 14.5 Å². The van der Waals surface area contributed by atoms with Crippen molar-refractivity contribution in [1.82, 2.24) is 4.98 Å². The van der Waals surface area contributed by atoms with Gasteiger partial charge in [0.2, 0.25) is 0 Å². The van der Waals surface area contributed by atoms with Crippen LogP contribution in [0.5, 0.6) is 0 Å². The molecule has 1 aromatic carbocycles. The van der Waals surface area contributed by atoms with Crippen molar-refractivity contribution in [2.45, 2.75) is 0 Å². The number of allylic oxidation sites excluding steroid dienone is 1. The van der Waals surface area contributed by atoms with Crippen molar-refractivity contribution in [1.29, 1.82) is 5.26 Å². The van der Waals surface area contributed by atoms with E-state index in [0.29, 0.717) is 5.57 Å². The number of nitriles is 1. The van der Waals surface area contributed by atoms with Crippen molar-refractivity contribution in [2.75, 3.05) is 0 Å². The molecule has 0 atom stereocenters. The van der Waals surface area contributed by atoms with Crippen LogP contribution < -0.4 is 0 Å². The fourth-order valence-electron chi connectivity index (χ4n) is 1.81.